The SMILES string of the molecule is Cc1c(NC(=O)Cc2cc(Cl)c3c(c2)OCCO3)cccc1-n1cnnn1. The molecule has 138 valence electrons. The number of nitrogens with one attached hydrogen (secondary N) is 1. The monoisotopic (exact) mass is 385 g/mol. The van der Waals surface area contributed by atoms with E-state index in [1.165, 1.54) is 6.33 Å². The third kappa shape index (κ3) is 3.56. The van der Waals surface area contributed by atoms with Crippen LogP contribution in [0.3, 0.4) is 0 Å². The molecule has 1 amide bonds. The topological polar surface area (TPSA) is 91.2 Å². The van der Waals surface area contributed by atoms with Gasteiger partial charge in [-0.15, -0.1) is 5.10 Å². The molecule has 2 aromatic carbocycles. The zero-order chi connectivity index (χ0) is 18.8. The van der Waals surface area contributed by atoms with Crippen LogP contribution in [0.1, 0.15) is 11.1 Å². The van der Waals surface area contributed by atoms with Gasteiger partial charge in [-0.3, -0.25) is 4.79 Å². The van der Waals surface area contributed by atoms with E-state index < -0.39 is 0 Å². The molecule has 8 nitrogen and oxygen atoms in total. The first kappa shape index (κ1) is 17.3. The van der Waals surface area contributed by atoms with Crippen molar-refractivity contribution in [3.63, 3.8) is 0 Å². The minimum absolute atomic E-state index is 0.158. The van der Waals surface area contributed by atoms with Crippen LogP contribution >= 0.6 is 11.6 Å². The summed E-state index contributed by atoms with van der Waals surface area (Å²) in [6.45, 7) is 2.82. The molecule has 0 bridgehead atoms. The van der Waals surface area contributed by atoms with Crippen molar-refractivity contribution in [1.82, 2.24) is 20.2 Å². The molecule has 0 unspecified atom stereocenters. The lowest BCUT2D eigenvalue weighted by Crippen LogP contribution is -2.18. The first-order chi connectivity index (χ1) is 13.1. The summed E-state index contributed by atoms with van der Waals surface area (Å²) in [7, 11) is 0. The fraction of sp³-hybridized carbons (Fsp3) is 0.222. The number of fused-ring (bicyclic) bond motifs is 1. The fourth-order valence-corrected chi connectivity index (χ4v) is 3.21. The third-order valence-electron chi connectivity index (χ3n) is 4.20. The van der Waals surface area contributed by atoms with Gasteiger partial charge in [0.1, 0.15) is 19.5 Å². The lowest BCUT2D eigenvalue weighted by molar-refractivity contribution is -0.115. The Bertz CT molecular complexity index is 991. The fourth-order valence-electron chi connectivity index (χ4n) is 2.92. The molecular formula is C18H16ClN5O3. The van der Waals surface area contributed by atoms with Crippen molar-refractivity contribution in [2.24, 2.45) is 0 Å². The van der Waals surface area contributed by atoms with Gasteiger partial charge in [0.15, 0.2) is 11.5 Å². The highest BCUT2D eigenvalue weighted by molar-refractivity contribution is 6.32. The number of carbonyl (C=O) groups is 1. The van der Waals surface area contributed by atoms with Gasteiger partial charge in [0.05, 0.1) is 17.1 Å². The van der Waals surface area contributed by atoms with Crippen LogP contribution in [-0.2, 0) is 11.2 Å². The van der Waals surface area contributed by atoms with Gasteiger partial charge in [0.2, 0.25) is 5.91 Å². The molecule has 0 radical (unpaired) electrons. The van der Waals surface area contributed by atoms with Gasteiger partial charge in [-0.2, -0.15) is 0 Å². The summed E-state index contributed by atoms with van der Waals surface area (Å²) in [5.41, 5.74) is 3.09. The summed E-state index contributed by atoms with van der Waals surface area (Å²) in [6, 6.07) is 9.05. The quantitative estimate of drug-likeness (QED) is 0.742. The summed E-state index contributed by atoms with van der Waals surface area (Å²) in [6.07, 6.45) is 1.66. The van der Waals surface area contributed by atoms with Crippen molar-refractivity contribution in [2.45, 2.75) is 13.3 Å². The number of ether oxygens (including phenoxy) is 2. The molecule has 0 atom stereocenters. The van der Waals surface area contributed by atoms with Crippen molar-refractivity contribution in [3.05, 3.63) is 52.8 Å². The molecule has 1 N–H and O–H groups in total. The molecule has 2 heterocycles. The summed E-state index contributed by atoms with van der Waals surface area (Å²) >= 11 is 6.24. The Morgan fingerprint density at radius 1 is 1.30 bits per heavy atom. The Hall–Kier alpha value is -3.13. The van der Waals surface area contributed by atoms with E-state index in [9.17, 15) is 4.79 Å². The second kappa shape index (κ2) is 7.24. The number of hydrogen-bond donors (Lipinski definition) is 1. The van der Waals surface area contributed by atoms with E-state index in [1.807, 2.05) is 25.1 Å². The van der Waals surface area contributed by atoms with E-state index in [1.54, 1.807) is 16.8 Å². The normalized spacial score (nSPS) is 12.7. The number of rotatable bonds is 4. The standard InChI is InChI=1S/C18H16ClN5O3/c1-11-14(3-2-4-15(11)24-10-20-22-23-24)21-17(25)9-12-7-13(19)18-16(8-12)26-5-6-27-18/h2-4,7-8,10H,5-6,9H2,1H3,(H,21,25). The van der Waals surface area contributed by atoms with Gasteiger partial charge >= 0.3 is 0 Å². The van der Waals surface area contributed by atoms with Crippen LogP contribution in [0.4, 0.5) is 5.69 Å². The molecule has 1 aromatic heterocycles. The predicted octanol–water partition coefficient (Wildman–Crippen LogP) is 2.58. The molecule has 9 heteroatoms. The van der Waals surface area contributed by atoms with E-state index in [4.69, 9.17) is 21.1 Å². The number of benzene rings is 2. The minimum atomic E-state index is -0.167. The molecule has 3 aromatic rings. The van der Waals surface area contributed by atoms with Crippen molar-refractivity contribution in [1.29, 1.82) is 0 Å². The van der Waals surface area contributed by atoms with E-state index in [2.05, 4.69) is 20.8 Å². The number of anilines is 1. The van der Waals surface area contributed by atoms with Crippen LogP contribution in [-0.4, -0.2) is 39.3 Å². The molecule has 1 aliphatic heterocycles. The summed E-state index contributed by atoms with van der Waals surface area (Å²) in [4.78, 5) is 12.5. The molecule has 0 aliphatic carbocycles. The lowest BCUT2D eigenvalue weighted by Gasteiger charge is -2.20. The summed E-state index contributed by atoms with van der Waals surface area (Å²) in [5, 5.41) is 14.5. The van der Waals surface area contributed by atoms with Gasteiger partial charge in [0.25, 0.3) is 0 Å². The Morgan fingerprint density at radius 2 is 2.15 bits per heavy atom. The second-order valence-electron chi connectivity index (χ2n) is 6.03. The van der Waals surface area contributed by atoms with Crippen LogP contribution in [0.25, 0.3) is 5.69 Å². The van der Waals surface area contributed by atoms with Crippen molar-refractivity contribution < 1.29 is 14.3 Å². The zero-order valence-corrected chi connectivity index (χ0v) is 15.2. The number of amides is 1. The average Bonchev–Trinajstić information content (AvgIpc) is 3.18. The van der Waals surface area contributed by atoms with Crippen LogP contribution in [0, 0.1) is 6.92 Å². The smallest absolute Gasteiger partial charge is 0.228 e. The first-order valence-electron chi connectivity index (χ1n) is 8.32. The predicted molar refractivity (Wildman–Crippen MR) is 98.7 cm³/mol. The van der Waals surface area contributed by atoms with E-state index in [0.29, 0.717) is 35.4 Å². The zero-order valence-electron chi connectivity index (χ0n) is 14.5. The molecule has 1 aliphatic rings. The molecular weight excluding hydrogens is 370 g/mol. The molecule has 27 heavy (non-hydrogen) atoms. The maximum Gasteiger partial charge on any atom is 0.228 e. The largest absolute Gasteiger partial charge is 0.486 e. The number of carbonyl (C=O) groups excluding carboxylic acids is 1. The molecule has 0 saturated carbocycles. The Labute approximate surface area is 160 Å². The number of halogens is 1. The highest BCUT2D eigenvalue weighted by Gasteiger charge is 2.18. The van der Waals surface area contributed by atoms with Gasteiger partial charge in [-0.1, -0.05) is 17.7 Å². The number of aromatic nitrogens is 4. The summed E-state index contributed by atoms with van der Waals surface area (Å²) < 4.78 is 12.6. The lowest BCUT2D eigenvalue weighted by atomic mass is 10.1. The Kier molecular flexibility index (Phi) is 4.64. The second-order valence-corrected chi connectivity index (χ2v) is 6.44. The van der Waals surface area contributed by atoms with Crippen LogP contribution < -0.4 is 14.8 Å². The van der Waals surface area contributed by atoms with Crippen LogP contribution in [0.2, 0.25) is 5.02 Å². The summed E-state index contributed by atoms with van der Waals surface area (Å²) in [5.74, 6) is 0.921. The van der Waals surface area contributed by atoms with Gasteiger partial charge < -0.3 is 14.8 Å². The highest BCUT2D eigenvalue weighted by atomic mass is 35.5. The highest BCUT2D eigenvalue weighted by Crippen LogP contribution is 2.38. The maximum atomic E-state index is 12.5. The number of hydrogen-bond acceptors (Lipinski definition) is 6. The molecule has 4 rings (SSSR count). The van der Waals surface area contributed by atoms with Gasteiger partial charge in [0, 0.05) is 5.69 Å². The van der Waals surface area contributed by atoms with Gasteiger partial charge in [-0.25, -0.2) is 4.68 Å². The number of nitrogens with zero attached hydrogens (tertiary/aromatic N) is 4. The van der Waals surface area contributed by atoms with Crippen molar-refractivity contribution in [2.75, 3.05) is 18.5 Å². The minimum Gasteiger partial charge on any atom is -0.486 e. The Morgan fingerprint density at radius 3 is 2.96 bits per heavy atom. The Balaban J connectivity index is 1.52. The van der Waals surface area contributed by atoms with Gasteiger partial charge in [-0.05, 0) is 52.7 Å². The molecule has 0 spiro atoms. The van der Waals surface area contributed by atoms with Crippen molar-refractivity contribution >= 4 is 23.2 Å². The van der Waals surface area contributed by atoms with E-state index in [0.717, 1.165) is 16.8 Å². The third-order valence-corrected chi connectivity index (χ3v) is 4.48. The first-order valence-corrected chi connectivity index (χ1v) is 8.70. The van der Waals surface area contributed by atoms with Crippen LogP contribution in [0.15, 0.2) is 36.7 Å². The molecule has 0 fully saturated rings. The van der Waals surface area contributed by atoms with Crippen LogP contribution in [0.5, 0.6) is 11.5 Å². The van der Waals surface area contributed by atoms with Crippen molar-refractivity contribution in [3.8, 4) is 17.2 Å². The molecule has 0 saturated heterocycles. The maximum absolute atomic E-state index is 12.5. The number of tetrazole rings is 1. The average molecular weight is 386 g/mol. The van der Waals surface area contributed by atoms with E-state index >= 15 is 0 Å². The van der Waals surface area contributed by atoms with E-state index in [-0.39, 0.29) is 12.3 Å².